The molecule has 27 heavy (non-hydrogen) atoms. The number of carbonyl (C=O) groups excluding carboxylic acids is 2. The Morgan fingerprint density at radius 3 is 2.52 bits per heavy atom. The van der Waals surface area contributed by atoms with E-state index in [4.69, 9.17) is 0 Å². The van der Waals surface area contributed by atoms with Crippen LogP contribution in [0.25, 0.3) is 6.08 Å². The Morgan fingerprint density at radius 1 is 1.07 bits per heavy atom. The van der Waals surface area contributed by atoms with Crippen LogP contribution >= 0.6 is 11.8 Å². The molecule has 2 aromatic carbocycles. The Balaban J connectivity index is 1.76. The molecule has 1 N–H and O–H groups in total. The molecular weight excluding hydrogens is 384 g/mol. The van der Waals surface area contributed by atoms with E-state index < -0.39 is 35.4 Å². The highest BCUT2D eigenvalue weighted by Crippen LogP contribution is 2.36. The van der Waals surface area contributed by atoms with Crippen LogP contribution in [0.15, 0.2) is 53.4 Å². The summed E-state index contributed by atoms with van der Waals surface area (Å²) in [5.74, 6) is -1.15. The predicted octanol–water partition coefficient (Wildman–Crippen LogP) is 4.95. The van der Waals surface area contributed by atoms with Crippen molar-refractivity contribution in [1.82, 2.24) is 4.90 Å². The summed E-state index contributed by atoms with van der Waals surface area (Å²) in [6, 6.07) is 10.2. The van der Waals surface area contributed by atoms with Gasteiger partial charge in [0.25, 0.3) is 11.1 Å². The monoisotopic (exact) mass is 396 g/mol. The normalized spacial score (nSPS) is 16.3. The van der Waals surface area contributed by atoms with Crippen LogP contribution in [0, 0.1) is 5.82 Å². The SMILES string of the molecule is O=C1SC(=Cc2cccc(F)c2)C(=O)N1CNc1ccccc1C(F)(F)F. The molecule has 0 aromatic heterocycles. The highest BCUT2D eigenvalue weighted by atomic mass is 32.2. The highest BCUT2D eigenvalue weighted by Gasteiger charge is 2.36. The molecule has 0 bridgehead atoms. The Labute approximate surface area is 155 Å². The van der Waals surface area contributed by atoms with Crippen molar-refractivity contribution >= 4 is 34.7 Å². The minimum atomic E-state index is -4.57. The van der Waals surface area contributed by atoms with Crippen LogP contribution in [0.2, 0.25) is 0 Å². The third kappa shape index (κ3) is 4.30. The first-order valence-electron chi connectivity index (χ1n) is 7.67. The fraction of sp³-hybridized carbons (Fsp3) is 0.111. The second-order valence-corrected chi connectivity index (χ2v) is 6.54. The van der Waals surface area contributed by atoms with Crippen molar-refractivity contribution in [3.05, 3.63) is 70.4 Å². The Kier molecular flexibility index (Phi) is 5.22. The number of rotatable bonds is 4. The second kappa shape index (κ2) is 7.43. The van der Waals surface area contributed by atoms with E-state index in [2.05, 4.69) is 5.32 Å². The number of carbonyl (C=O) groups is 2. The average Bonchev–Trinajstić information content (AvgIpc) is 2.86. The van der Waals surface area contributed by atoms with Crippen molar-refractivity contribution < 1.29 is 27.2 Å². The molecule has 9 heteroatoms. The minimum Gasteiger partial charge on any atom is -0.367 e. The maximum absolute atomic E-state index is 13.2. The lowest BCUT2D eigenvalue weighted by atomic mass is 10.1. The molecule has 0 aliphatic carbocycles. The highest BCUT2D eigenvalue weighted by molar-refractivity contribution is 8.18. The van der Waals surface area contributed by atoms with Crippen molar-refractivity contribution in [2.45, 2.75) is 6.18 Å². The number of para-hydroxylation sites is 1. The summed E-state index contributed by atoms with van der Waals surface area (Å²) >= 11 is 0.641. The van der Waals surface area contributed by atoms with Gasteiger partial charge in [0.2, 0.25) is 0 Å². The van der Waals surface area contributed by atoms with E-state index in [9.17, 15) is 27.2 Å². The number of amides is 2. The molecule has 0 atom stereocenters. The van der Waals surface area contributed by atoms with E-state index in [1.807, 2.05) is 0 Å². The average molecular weight is 396 g/mol. The fourth-order valence-corrected chi connectivity index (χ4v) is 3.27. The summed E-state index contributed by atoms with van der Waals surface area (Å²) in [7, 11) is 0. The zero-order valence-electron chi connectivity index (χ0n) is 13.6. The lowest BCUT2D eigenvalue weighted by molar-refractivity contribution is -0.137. The van der Waals surface area contributed by atoms with Gasteiger partial charge in [-0.2, -0.15) is 13.2 Å². The van der Waals surface area contributed by atoms with Gasteiger partial charge >= 0.3 is 6.18 Å². The molecule has 4 nitrogen and oxygen atoms in total. The number of halogens is 4. The molecule has 0 radical (unpaired) electrons. The molecule has 2 amide bonds. The molecule has 140 valence electrons. The largest absolute Gasteiger partial charge is 0.418 e. The van der Waals surface area contributed by atoms with Gasteiger partial charge in [-0.15, -0.1) is 0 Å². The van der Waals surface area contributed by atoms with Crippen LogP contribution in [-0.4, -0.2) is 22.7 Å². The van der Waals surface area contributed by atoms with E-state index >= 15 is 0 Å². The molecule has 1 fully saturated rings. The summed E-state index contributed by atoms with van der Waals surface area (Å²) in [6.45, 7) is -0.418. The first-order valence-corrected chi connectivity index (χ1v) is 8.48. The number of nitrogens with zero attached hydrogens (tertiary/aromatic N) is 1. The Hall–Kier alpha value is -2.81. The molecule has 3 rings (SSSR count). The predicted molar refractivity (Wildman–Crippen MR) is 94.1 cm³/mol. The van der Waals surface area contributed by atoms with Gasteiger partial charge in [-0.05, 0) is 47.7 Å². The van der Waals surface area contributed by atoms with Gasteiger partial charge in [0.15, 0.2) is 0 Å². The van der Waals surface area contributed by atoms with Gasteiger partial charge in [-0.3, -0.25) is 14.5 Å². The number of hydrogen-bond donors (Lipinski definition) is 1. The van der Waals surface area contributed by atoms with Crippen LogP contribution < -0.4 is 5.32 Å². The van der Waals surface area contributed by atoms with Crippen molar-refractivity contribution in [3.63, 3.8) is 0 Å². The van der Waals surface area contributed by atoms with Gasteiger partial charge in [0, 0.05) is 5.69 Å². The Bertz CT molecular complexity index is 928. The zero-order chi connectivity index (χ0) is 19.6. The van der Waals surface area contributed by atoms with Crippen LogP contribution in [0.4, 0.5) is 28.0 Å². The maximum atomic E-state index is 13.2. The lowest BCUT2D eigenvalue weighted by Crippen LogP contribution is -2.33. The maximum Gasteiger partial charge on any atom is 0.418 e. The smallest absolute Gasteiger partial charge is 0.367 e. The van der Waals surface area contributed by atoms with E-state index in [-0.39, 0.29) is 10.6 Å². The van der Waals surface area contributed by atoms with Crippen LogP contribution in [0.3, 0.4) is 0 Å². The van der Waals surface area contributed by atoms with E-state index in [1.165, 1.54) is 42.5 Å². The van der Waals surface area contributed by atoms with Crippen LogP contribution in [-0.2, 0) is 11.0 Å². The van der Waals surface area contributed by atoms with Gasteiger partial charge in [0.05, 0.1) is 17.1 Å². The number of benzene rings is 2. The number of alkyl halides is 3. The van der Waals surface area contributed by atoms with Gasteiger partial charge in [-0.25, -0.2) is 4.39 Å². The van der Waals surface area contributed by atoms with E-state index in [1.54, 1.807) is 6.07 Å². The van der Waals surface area contributed by atoms with E-state index in [0.29, 0.717) is 17.3 Å². The van der Waals surface area contributed by atoms with Crippen LogP contribution in [0.5, 0.6) is 0 Å². The first-order chi connectivity index (χ1) is 12.8. The topological polar surface area (TPSA) is 49.4 Å². The summed E-state index contributed by atoms with van der Waals surface area (Å²) < 4.78 is 52.3. The van der Waals surface area contributed by atoms with Crippen molar-refractivity contribution in [2.75, 3.05) is 12.0 Å². The third-order valence-corrected chi connectivity index (χ3v) is 4.59. The second-order valence-electron chi connectivity index (χ2n) is 5.54. The Morgan fingerprint density at radius 2 is 1.81 bits per heavy atom. The summed E-state index contributed by atoms with van der Waals surface area (Å²) in [4.78, 5) is 25.3. The lowest BCUT2D eigenvalue weighted by Gasteiger charge is -2.18. The summed E-state index contributed by atoms with van der Waals surface area (Å²) in [5.41, 5.74) is -0.735. The van der Waals surface area contributed by atoms with Crippen molar-refractivity contribution in [1.29, 1.82) is 0 Å². The molecule has 1 aliphatic heterocycles. The minimum absolute atomic E-state index is 0.0662. The number of anilines is 1. The quantitative estimate of drug-likeness (QED) is 0.587. The molecule has 1 heterocycles. The van der Waals surface area contributed by atoms with Crippen molar-refractivity contribution in [2.24, 2.45) is 0 Å². The molecule has 2 aromatic rings. The third-order valence-electron chi connectivity index (χ3n) is 3.68. The summed E-state index contributed by atoms with van der Waals surface area (Å²) in [6.07, 6.45) is -3.21. The van der Waals surface area contributed by atoms with Gasteiger partial charge in [0.1, 0.15) is 5.82 Å². The molecular formula is C18H12F4N2O2S. The summed E-state index contributed by atoms with van der Waals surface area (Å²) in [5, 5.41) is 1.85. The molecule has 1 saturated heterocycles. The number of nitrogens with one attached hydrogen (secondary N) is 1. The number of imide groups is 1. The number of hydrogen-bond acceptors (Lipinski definition) is 4. The van der Waals surface area contributed by atoms with Crippen molar-refractivity contribution in [3.8, 4) is 0 Å². The standard InChI is InChI=1S/C18H12F4N2O2S/c19-12-5-3-4-11(8-12)9-15-16(25)24(17(26)27-15)10-23-14-7-2-1-6-13(14)18(20,21)22/h1-9,23H,10H2. The fourth-order valence-electron chi connectivity index (χ4n) is 2.43. The molecule has 0 spiro atoms. The molecule has 0 saturated carbocycles. The molecule has 1 aliphatic rings. The zero-order valence-corrected chi connectivity index (χ0v) is 14.4. The first kappa shape index (κ1) is 19.0. The van der Waals surface area contributed by atoms with Gasteiger partial charge < -0.3 is 5.32 Å². The molecule has 0 unspecified atom stereocenters. The number of thioether (sulfide) groups is 1. The van der Waals surface area contributed by atoms with Gasteiger partial charge in [-0.1, -0.05) is 24.3 Å². The van der Waals surface area contributed by atoms with E-state index in [0.717, 1.165) is 11.0 Å². The van der Waals surface area contributed by atoms with Crippen LogP contribution in [0.1, 0.15) is 11.1 Å².